The molecule has 3 unspecified atom stereocenters. The summed E-state index contributed by atoms with van der Waals surface area (Å²) in [6.07, 6.45) is 76.3. The Morgan fingerprint density at radius 3 is 0.657 bits per heavy atom. The molecule has 0 aliphatic carbocycles. The molecule has 108 heavy (non-hydrogen) atoms. The van der Waals surface area contributed by atoms with Gasteiger partial charge < -0.3 is 33.8 Å². The number of phosphoric acid groups is 2. The zero-order valence-electron chi connectivity index (χ0n) is 71.0. The van der Waals surface area contributed by atoms with Crippen LogP contribution in [0.4, 0.5) is 0 Å². The van der Waals surface area contributed by atoms with Crippen molar-refractivity contribution in [1.82, 2.24) is 0 Å². The van der Waals surface area contributed by atoms with E-state index in [4.69, 9.17) is 37.0 Å². The van der Waals surface area contributed by atoms with Gasteiger partial charge in [-0.15, -0.1) is 0 Å². The number of carbonyl (C=O) groups is 4. The van der Waals surface area contributed by atoms with Gasteiger partial charge in [-0.05, 0) is 31.6 Å². The van der Waals surface area contributed by atoms with Crippen LogP contribution in [-0.2, 0) is 65.4 Å². The molecular weight excluding hydrogens is 1400 g/mol. The van der Waals surface area contributed by atoms with Crippen molar-refractivity contribution in [2.45, 2.75) is 502 Å². The van der Waals surface area contributed by atoms with E-state index in [-0.39, 0.29) is 25.7 Å². The third kappa shape index (κ3) is 80.7. The van der Waals surface area contributed by atoms with E-state index >= 15 is 0 Å². The lowest BCUT2D eigenvalue weighted by Gasteiger charge is -2.21. The molecule has 0 aromatic carbocycles. The monoisotopic (exact) mass is 1580 g/mol. The van der Waals surface area contributed by atoms with E-state index in [9.17, 15) is 43.2 Å². The number of rotatable bonds is 89. The summed E-state index contributed by atoms with van der Waals surface area (Å²) in [6.45, 7) is 7.44. The average molecular weight is 1580 g/mol. The van der Waals surface area contributed by atoms with Gasteiger partial charge in [0.25, 0.3) is 0 Å². The first-order valence-electron chi connectivity index (χ1n) is 46.2. The van der Waals surface area contributed by atoms with Crippen LogP contribution in [0.15, 0.2) is 0 Å². The molecule has 0 rings (SSSR count). The molecule has 19 heteroatoms. The first kappa shape index (κ1) is 106. The van der Waals surface area contributed by atoms with Crippen LogP contribution < -0.4 is 0 Å². The molecule has 0 amide bonds. The Morgan fingerprint density at radius 1 is 0.259 bits per heavy atom. The van der Waals surface area contributed by atoms with Gasteiger partial charge in [0.15, 0.2) is 12.2 Å². The van der Waals surface area contributed by atoms with E-state index in [2.05, 4.69) is 34.6 Å². The zero-order valence-corrected chi connectivity index (χ0v) is 72.8. The molecule has 0 aromatic heterocycles. The molecule has 0 aliphatic rings. The largest absolute Gasteiger partial charge is 0.472 e. The van der Waals surface area contributed by atoms with Crippen molar-refractivity contribution in [3.8, 4) is 0 Å². The molecule has 17 nitrogen and oxygen atoms in total. The summed E-state index contributed by atoms with van der Waals surface area (Å²) in [7, 11) is -9.93. The Morgan fingerprint density at radius 2 is 0.444 bits per heavy atom. The quantitative estimate of drug-likeness (QED) is 0.0222. The van der Waals surface area contributed by atoms with Gasteiger partial charge >= 0.3 is 39.5 Å². The number of esters is 4. The van der Waals surface area contributed by atoms with Crippen LogP contribution in [0.3, 0.4) is 0 Å². The number of phosphoric ester groups is 2. The molecule has 0 bridgehead atoms. The second kappa shape index (κ2) is 81.6. The Bertz CT molecular complexity index is 2050. The second-order valence-corrected chi connectivity index (χ2v) is 35.1. The standard InChI is InChI=1S/C89H174O17P2/c1-6-10-13-16-19-22-25-28-30-32-33-34-35-37-39-45-50-55-60-65-70-75-89(94)106-85(79-100-87(92)73-68-63-58-53-48-43-41-40-42-46-51-56-61-66-71-82(5)9-4)81-104-108(97,98)102-77-83(90)76-101-107(95,96)103-80-84(78-99-86(91)72-67-62-57-52-47-27-24-21-18-15-12-8-3)105-88(93)74-69-64-59-54-49-44-38-36-31-29-26-23-20-17-14-11-7-2/h82-85,90H,6-81H2,1-5H3,(H,95,96)(H,97,98)/t82?,83-,84+,85+/m0/s1. The Labute approximate surface area is 664 Å². The lowest BCUT2D eigenvalue weighted by molar-refractivity contribution is -0.161. The molecule has 0 aliphatic heterocycles. The molecule has 0 spiro atoms. The lowest BCUT2D eigenvalue weighted by atomic mass is 9.99. The fraction of sp³-hybridized carbons (Fsp3) is 0.955. The number of unbranched alkanes of at least 4 members (excludes halogenated alkanes) is 60. The summed E-state index contributed by atoms with van der Waals surface area (Å²) in [5, 5.41) is 10.7. The highest BCUT2D eigenvalue weighted by Gasteiger charge is 2.31. The van der Waals surface area contributed by atoms with Crippen LogP contribution in [0.2, 0.25) is 0 Å². The van der Waals surface area contributed by atoms with Gasteiger partial charge in [-0.3, -0.25) is 37.3 Å². The minimum Gasteiger partial charge on any atom is -0.462 e. The lowest BCUT2D eigenvalue weighted by Crippen LogP contribution is -2.30. The predicted octanol–water partition coefficient (Wildman–Crippen LogP) is 27.5. The van der Waals surface area contributed by atoms with Crippen molar-refractivity contribution >= 4 is 39.5 Å². The molecule has 642 valence electrons. The summed E-state index contributed by atoms with van der Waals surface area (Å²) < 4.78 is 69.0. The highest BCUT2D eigenvalue weighted by atomic mass is 31.2. The van der Waals surface area contributed by atoms with Crippen LogP contribution >= 0.6 is 15.6 Å². The van der Waals surface area contributed by atoms with Crippen LogP contribution in [0.5, 0.6) is 0 Å². The maximum atomic E-state index is 13.2. The summed E-state index contributed by atoms with van der Waals surface area (Å²) in [6, 6.07) is 0. The smallest absolute Gasteiger partial charge is 0.462 e. The van der Waals surface area contributed by atoms with Crippen molar-refractivity contribution in [3.63, 3.8) is 0 Å². The summed E-state index contributed by atoms with van der Waals surface area (Å²) >= 11 is 0. The third-order valence-electron chi connectivity index (χ3n) is 21.4. The SMILES string of the molecule is CCCCCCCCCCCCCCCCCCCCCCCC(=O)O[C@H](COC(=O)CCCCCCCCCCCCCCCCC(C)CC)COP(=O)(O)OC[C@@H](O)COP(=O)(O)OC[C@@H](COC(=O)CCCCCCCCCCCCCC)OC(=O)CCCCCCCCCCCCCCCCCCC. The third-order valence-corrected chi connectivity index (χ3v) is 23.3. The average Bonchev–Trinajstić information content (AvgIpc) is 0.902. The number of hydrogen-bond acceptors (Lipinski definition) is 15. The number of hydrogen-bond donors (Lipinski definition) is 3. The van der Waals surface area contributed by atoms with Gasteiger partial charge in [-0.1, -0.05) is 433 Å². The summed E-state index contributed by atoms with van der Waals surface area (Å²) in [5.74, 6) is -1.24. The summed E-state index contributed by atoms with van der Waals surface area (Å²) in [5.41, 5.74) is 0. The zero-order chi connectivity index (χ0) is 79.0. The van der Waals surface area contributed by atoms with Gasteiger partial charge in [0, 0.05) is 25.7 Å². The van der Waals surface area contributed by atoms with Crippen molar-refractivity contribution in [3.05, 3.63) is 0 Å². The van der Waals surface area contributed by atoms with E-state index < -0.39 is 97.5 Å². The van der Waals surface area contributed by atoms with E-state index in [1.54, 1.807) is 0 Å². The van der Waals surface area contributed by atoms with Crippen LogP contribution in [0, 0.1) is 5.92 Å². The number of aliphatic hydroxyl groups is 1. The minimum absolute atomic E-state index is 0.109. The fourth-order valence-electron chi connectivity index (χ4n) is 14.0. The van der Waals surface area contributed by atoms with Crippen LogP contribution in [-0.4, -0.2) is 96.7 Å². The van der Waals surface area contributed by atoms with Gasteiger partial charge in [0.1, 0.15) is 19.3 Å². The first-order chi connectivity index (χ1) is 52.6. The Balaban J connectivity index is 5.25. The highest BCUT2D eigenvalue weighted by molar-refractivity contribution is 7.47. The first-order valence-corrected chi connectivity index (χ1v) is 49.2. The van der Waals surface area contributed by atoms with Crippen molar-refractivity contribution in [2.24, 2.45) is 5.92 Å². The maximum absolute atomic E-state index is 13.2. The molecule has 0 saturated heterocycles. The molecule has 0 fully saturated rings. The van der Waals surface area contributed by atoms with Gasteiger partial charge in [-0.25, -0.2) is 9.13 Å². The van der Waals surface area contributed by atoms with Crippen molar-refractivity contribution in [1.29, 1.82) is 0 Å². The maximum Gasteiger partial charge on any atom is 0.472 e. The predicted molar refractivity (Wildman–Crippen MR) is 446 cm³/mol. The van der Waals surface area contributed by atoms with Crippen LogP contribution in [0.1, 0.15) is 484 Å². The molecule has 0 aromatic rings. The van der Waals surface area contributed by atoms with Crippen molar-refractivity contribution < 1.29 is 80.2 Å². The van der Waals surface area contributed by atoms with Crippen LogP contribution in [0.25, 0.3) is 0 Å². The van der Waals surface area contributed by atoms with E-state index in [0.717, 1.165) is 95.8 Å². The number of aliphatic hydroxyl groups excluding tert-OH is 1. The van der Waals surface area contributed by atoms with Crippen molar-refractivity contribution in [2.75, 3.05) is 39.6 Å². The van der Waals surface area contributed by atoms with Gasteiger partial charge in [0.2, 0.25) is 0 Å². The number of ether oxygens (including phenoxy) is 4. The molecule has 3 N–H and O–H groups in total. The van der Waals surface area contributed by atoms with E-state index in [1.807, 2.05) is 0 Å². The molecule has 0 radical (unpaired) electrons. The number of carbonyl (C=O) groups excluding carboxylic acids is 4. The second-order valence-electron chi connectivity index (χ2n) is 32.2. The Kier molecular flexibility index (Phi) is 80.2. The summed E-state index contributed by atoms with van der Waals surface area (Å²) in [4.78, 5) is 73.4. The normalized spacial score (nSPS) is 14.0. The molecule has 6 atom stereocenters. The van der Waals surface area contributed by atoms with Gasteiger partial charge in [-0.2, -0.15) is 0 Å². The Hall–Kier alpha value is -1.94. The molecular formula is C89H174O17P2. The fourth-order valence-corrected chi connectivity index (χ4v) is 15.5. The van der Waals surface area contributed by atoms with Gasteiger partial charge in [0.05, 0.1) is 26.4 Å². The molecule has 0 saturated carbocycles. The topological polar surface area (TPSA) is 237 Å². The van der Waals surface area contributed by atoms with E-state index in [0.29, 0.717) is 25.7 Å². The van der Waals surface area contributed by atoms with E-state index in [1.165, 1.54) is 308 Å². The minimum atomic E-state index is -4.97. The molecule has 0 heterocycles. The highest BCUT2D eigenvalue weighted by Crippen LogP contribution is 2.45.